The molecule has 1 saturated heterocycles. The van der Waals surface area contributed by atoms with E-state index in [-0.39, 0.29) is 12.5 Å². The SMILES string of the molecule is CC/C=C\C/C=C\C/C=C\C/C=C\C/C=C\C/C=C\C/C=C\CCCCCCCCCCCCCC(=O)NC(COC1OC(CO)C(O)C(O)C1O)C(O)/C=C/CC/C=C/CCCCCCCCCCCCCC. The lowest BCUT2D eigenvalue weighted by molar-refractivity contribution is -0.302. The second-order valence-corrected chi connectivity index (χ2v) is 20.4. The highest BCUT2D eigenvalue weighted by Gasteiger charge is 2.44. The van der Waals surface area contributed by atoms with E-state index in [0.29, 0.717) is 6.42 Å². The van der Waals surface area contributed by atoms with Gasteiger partial charge in [-0.3, -0.25) is 4.79 Å². The smallest absolute Gasteiger partial charge is 0.220 e. The number of aliphatic hydroxyl groups excluding tert-OH is 5. The zero-order valence-corrected chi connectivity index (χ0v) is 47.1. The highest BCUT2D eigenvalue weighted by Crippen LogP contribution is 2.23. The predicted octanol–water partition coefficient (Wildman–Crippen LogP) is 15.3. The highest BCUT2D eigenvalue weighted by atomic mass is 16.7. The number of rotatable bonds is 50. The van der Waals surface area contributed by atoms with Crippen molar-refractivity contribution in [3.63, 3.8) is 0 Å². The zero-order valence-electron chi connectivity index (χ0n) is 47.1. The summed E-state index contributed by atoms with van der Waals surface area (Å²) in [7, 11) is 0. The summed E-state index contributed by atoms with van der Waals surface area (Å²) < 4.78 is 11.3. The van der Waals surface area contributed by atoms with Gasteiger partial charge in [-0.2, -0.15) is 0 Å². The van der Waals surface area contributed by atoms with Crippen LogP contribution in [0.1, 0.15) is 239 Å². The number of hydrogen-bond acceptors (Lipinski definition) is 8. The lowest BCUT2D eigenvalue weighted by Crippen LogP contribution is -2.60. The normalized spacial score (nSPS) is 19.8. The lowest BCUT2D eigenvalue weighted by Gasteiger charge is -2.40. The Balaban J connectivity index is 2.21. The van der Waals surface area contributed by atoms with E-state index >= 15 is 0 Å². The van der Waals surface area contributed by atoms with Crippen molar-refractivity contribution in [2.75, 3.05) is 13.2 Å². The first-order valence-corrected chi connectivity index (χ1v) is 30.1. The Kier molecular flexibility index (Phi) is 49.6. The maximum Gasteiger partial charge on any atom is 0.220 e. The average Bonchev–Trinajstić information content (AvgIpc) is 3.40. The van der Waals surface area contributed by atoms with Gasteiger partial charge in [-0.05, 0) is 89.9 Å². The van der Waals surface area contributed by atoms with Crippen molar-refractivity contribution in [1.82, 2.24) is 5.32 Å². The number of allylic oxidation sites excluding steroid dienone is 17. The number of nitrogens with one attached hydrogen (secondary N) is 1. The van der Waals surface area contributed by atoms with Gasteiger partial charge in [0.1, 0.15) is 24.4 Å². The number of amides is 1. The zero-order chi connectivity index (χ0) is 53.6. The molecule has 0 radical (unpaired) electrons. The summed E-state index contributed by atoms with van der Waals surface area (Å²) in [5.41, 5.74) is 0. The van der Waals surface area contributed by atoms with Gasteiger partial charge in [0.2, 0.25) is 5.91 Å². The van der Waals surface area contributed by atoms with E-state index in [1.54, 1.807) is 6.08 Å². The topological polar surface area (TPSA) is 149 Å². The third-order valence-corrected chi connectivity index (χ3v) is 13.6. The molecule has 9 heteroatoms. The standard InChI is InChI=1S/C65H111NO8/c1-3-5-7-9-11-13-15-17-19-21-23-24-25-26-27-28-29-30-31-32-33-34-35-36-37-39-41-43-45-47-49-51-53-55-61(69)66-58(57-73-65-64(72)63(71)62(70)60(56-67)74-65)59(68)54-52-50-48-46-44-42-40-38-22-20-18-16-14-12-10-8-6-4-2/h5,7,11,13,17,19,23-24,26-27,29-30,32-33,44,46,52,54,58-60,62-65,67-68,70-72H,3-4,6,8-10,12,14-16,18,20-22,25,28,31,34-43,45,47-51,53,55-57H2,1-2H3,(H,66,69)/b7-5-,13-11-,19-17-,24-23-,27-26-,30-29-,33-32-,46-44+,54-52+. The molecule has 424 valence electrons. The van der Waals surface area contributed by atoms with Crippen LogP contribution in [0.15, 0.2) is 109 Å². The lowest BCUT2D eigenvalue weighted by atomic mass is 9.99. The molecule has 6 N–H and O–H groups in total. The molecular formula is C65H111NO8. The number of carbonyl (C=O) groups excluding carboxylic acids is 1. The number of aliphatic hydroxyl groups is 5. The van der Waals surface area contributed by atoms with Crippen molar-refractivity contribution in [2.24, 2.45) is 0 Å². The van der Waals surface area contributed by atoms with Crippen LogP contribution in [0, 0.1) is 0 Å². The fraction of sp³-hybridized carbons (Fsp3) is 0.708. The number of carbonyl (C=O) groups is 1. The first kappa shape index (κ1) is 68.9. The molecule has 7 atom stereocenters. The van der Waals surface area contributed by atoms with E-state index < -0.39 is 49.5 Å². The third-order valence-electron chi connectivity index (χ3n) is 13.6. The predicted molar refractivity (Wildman–Crippen MR) is 313 cm³/mol. The first-order valence-electron chi connectivity index (χ1n) is 30.1. The van der Waals surface area contributed by atoms with Gasteiger partial charge < -0.3 is 40.3 Å². The van der Waals surface area contributed by atoms with Crippen molar-refractivity contribution in [1.29, 1.82) is 0 Å². The molecule has 1 aliphatic rings. The van der Waals surface area contributed by atoms with Crippen LogP contribution in [0.4, 0.5) is 0 Å². The van der Waals surface area contributed by atoms with Gasteiger partial charge >= 0.3 is 0 Å². The third kappa shape index (κ3) is 42.0. The van der Waals surface area contributed by atoms with E-state index in [1.807, 2.05) is 6.08 Å². The first-order chi connectivity index (χ1) is 36.3. The Bertz CT molecular complexity index is 1530. The number of hydrogen-bond donors (Lipinski definition) is 6. The summed E-state index contributed by atoms with van der Waals surface area (Å²) in [6.07, 6.45) is 71.5. The van der Waals surface area contributed by atoms with Gasteiger partial charge in [-0.15, -0.1) is 0 Å². The second kappa shape index (κ2) is 53.3. The van der Waals surface area contributed by atoms with Crippen LogP contribution < -0.4 is 5.32 Å². The maximum atomic E-state index is 13.1. The summed E-state index contributed by atoms with van der Waals surface area (Å²) >= 11 is 0. The Morgan fingerprint density at radius 2 is 0.851 bits per heavy atom. The molecular weight excluding hydrogens is 923 g/mol. The van der Waals surface area contributed by atoms with Gasteiger partial charge in [0.05, 0.1) is 25.4 Å². The van der Waals surface area contributed by atoms with Crippen molar-refractivity contribution in [3.05, 3.63) is 109 Å². The molecule has 0 bridgehead atoms. The Hall–Kier alpha value is -3.15. The molecule has 1 aliphatic heterocycles. The minimum Gasteiger partial charge on any atom is -0.394 e. The van der Waals surface area contributed by atoms with E-state index in [4.69, 9.17) is 9.47 Å². The summed E-state index contributed by atoms with van der Waals surface area (Å²) in [5, 5.41) is 54.5. The van der Waals surface area contributed by atoms with Gasteiger partial charge in [-0.1, -0.05) is 252 Å². The molecule has 1 fully saturated rings. The molecule has 0 aromatic rings. The molecule has 0 aromatic heterocycles. The van der Waals surface area contributed by atoms with Crippen LogP contribution in [0.5, 0.6) is 0 Å². The molecule has 9 nitrogen and oxygen atoms in total. The molecule has 0 aliphatic carbocycles. The van der Waals surface area contributed by atoms with Crippen molar-refractivity contribution < 1.29 is 39.8 Å². The Labute approximate surface area is 453 Å². The number of unbranched alkanes of at least 4 members (excludes halogenated alkanes) is 24. The average molecular weight is 1030 g/mol. The van der Waals surface area contributed by atoms with E-state index in [0.717, 1.165) is 96.3 Å². The van der Waals surface area contributed by atoms with Crippen molar-refractivity contribution >= 4 is 5.91 Å². The fourth-order valence-electron chi connectivity index (χ4n) is 8.86. The van der Waals surface area contributed by atoms with Gasteiger partial charge in [0.15, 0.2) is 6.29 Å². The summed E-state index contributed by atoms with van der Waals surface area (Å²) in [6.45, 7) is 3.65. The molecule has 74 heavy (non-hydrogen) atoms. The van der Waals surface area contributed by atoms with Crippen molar-refractivity contribution in [3.8, 4) is 0 Å². The fourth-order valence-corrected chi connectivity index (χ4v) is 8.86. The minimum atomic E-state index is -1.58. The molecule has 0 saturated carbocycles. The Morgan fingerprint density at radius 3 is 1.30 bits per heavy atom. The largest absolute Gasteiger partial charge is 0.394 e. The minimum absolute atomic E-state index is 0.194. The quantitative estimate of drug-likeness (QED) is 0.0261. The van der Waals surface area contributed by atoms with E-state index in [1.165, 1.54) is 122 Å². The van der Waals surface area contributed by atoms with Gasteiger partial charge in [-0.25, -0.2) is 0 Å². The molecule has 1 amide bonds. The summed E-state index contributed by atoms with van der Waals surface area (Å²) in [6, 6.07) is -0.831. The molecule has 7 unspecified atom stereocenters. The van der Waals surface area contributed by atoms with E-state index in [9.17, 15) is 30.3 Å². The monoisotopic (exact) mass is 1030 g/mol. The molecule has 0 spiro atoms. The summed E-state index contributed by atoms with van der Waals surface area (Å²) in [4.78, 5) is 13.1. The van der Waals surface area contributed by atoms with Gasteiger partial charge in [0.25, 0.3) is 0 Å². The van der Waals surface area contributed by atoms with E-state index in [2.05, 4.69) is 116 Å². The maximum absolute atomic E-state index is 13.1. The van der Waals surface area contributed by atoms with Crippen LogP contribution in [-0.4, -0.2) is 87.5 Å². The van der Waals surface area contributed by atoms with Crippen LogP contribution in [0.25, 0.3) is 0 Å². The van der Waals surface area contributed by atoms with Crippen molar-refractivity contribution in [2.45, 2.75) is 281 Å². The van der Waals surface area contributed by atoms with Crippen LogP contribution in [-0.2, 0) is 14.3 Å². The van der Waals surface area contributed by atoms with Crippen LogP contribution >= 0.6 is 0 Å². The number of ether oxygens (including phenoxy) is 2. The highest BCUT2D eigenvalue weighted by molar-refractivity contribution is 5.76. The Morgan fingerprint density at radius 1 is 0.473 bits per heavy atom. The molecule has 1 heterocycles. The molecule has 1 rings (SSSR count). The molecule has 0 aromatic carbocycles. The van der Waals surface area contributed by atoms with Gasteiger partial charge in [0, 0.05) is 6.42 Å². The second-order valence-electron chi connectivity index (χ2n) is 20.4. The summed E-state index contributed by atoms with van der Waals surface area (Å²) in [5.74, 6) is -0.194. The van der Waals surface area contributed by atoms with Crippen LogP contribution in [0.3, 0.4) is 0 Å². The van der Waals surface area contributed by atoms with Crippen LogP contribution in [0.2, 0.25) is 0 Å².